The first-order valence-electron chi connectivity index (χ1n) is 2.67. The van der Waals surface area contributed by atoms with Crippen LogP contribution in [-0.2, 0) is 0 Å². The van der Waals surface area contributed by atoms with Crippen LogP contribution in [0.2, 0.25) is 0 Å². The van der Waals surface area contributed by atoms with E-state index in [-0.39, 0.29) is 0 Å². The van der Waals surface area contributed by atoms with Crippen LogP contribution >= 0.6 is 0 Å². The van der Waals surface area contributed by atoms with Crippen molar-refractivity contribution >= 4 is 12.9 Å². The summed E-state index contributed by atoms with van der Waals surface area (Å²) in [6.45, 7) is 0. The molecule has 0 saturated carbocycles. The van der Waals surface area contributed by atoms with Crippen molar-refractivity contribution < 1.29 is 0 Å². The van der Waals surface area contributed by atoms with E-state index in [1.807, 2.05) is 30.3 Å². The van der Waals surface area contributed by atoms with E-state index in [1.54, 1.807) is 0 Å². The summed E-state index contributed by atoms with van der Waals surface area (Å²) in [6, 6.07) is 9.99. The van der Waals surface area contributed by atoms with Crippen molar-refractivity contribution in [2.24, 2.45) is 5.64 Å². The Morgan fingerprint density at radius 2 is 1.75 bits per heavy atom. The zero-order valence-corrected chi connectivity index (χ0v) is 4.67. The van der Waals surface area contributed by atoms with Crippen LogP contribution in [0.5, 0.6) is 0 Å². The van der Waals surface area contributed by atoms with E-state index in [0.29, 0.717) is 7.41 Å². The maximum Gasteiger partial charge on any atom is 0.233 e. The van der Waals surface area contributed by atoms with Gasteiger partial charge in [-0.15, -0.1) is 0 Å². The van der Waals surface area contributed by atoms with Crippen LogP contribution in [0.4, 0.5) is 0 Å². The first kappa shape index (κ1) is 5.38. The van der Waals surface area contributed by atoms with E-state index < -0.39 is 0 Å². The lowest BCUT2D eigenvalue weighted by Crippen LogP contribution is -2.21. The minimum Gasteiger partial charge on any atom is -0.369 e. The van der Waals surface area contributed by atoms with Crippen LogP contribution in [-0.4, -0.2) is 7.41 Å². The quantitative estimate of drug-likeness (QED) is 0.484. The molecule has 0 aliphatic carbocycles. The number of benzene rings is 1. The molecule has 2 N–H and O–H groups in total. The van der Waals surface area contributed by atoms with Gasteiger partial charge in [0.2, 0.25) is 7.41 Å². The second kappa shape index (κ2) is 2.53. The number of hydrogen-bond donors (Lipinski definition) is 1. The Kier molecular flexibility index (Phi) is 1.70. The average molecular weight is 105 g/mol. The third-order valence-electron chi connectivity index (χ3n) is 1.08. The van der Waals surface area contributed by atoms with Gasteiger partial charge in [0.15, 0.2) is 0 Å². The summed E-state index contributed by atoms with van der Waals surface area (Å²) in [5, 5.41) is 0. The van der Waals surface area contributed by atoms with E-state index in [4.69, 9.17) is 5.64 Å². The largest absolute Gasteiger partial charge is 0.369 e. The highest BCUT2D eigenvalue weighted by molar-refractivity contribution is 6.49. The lowest BCUT2D eigenvalue weighted by Gasteiger charge is -1.88. The zero-order chi connectivity index (χ0) is 5.82. The molecule has 1 aromatic rings. The Hall–Kier alpha value is -0.755. The smallest absolute Gasteiger partial charge is 0.233 e. The molecule has 0 spiro atoms. The van der Waals surface area contributed by atoms with Crippen LogP contribution in [0, 0.1) is 0 Å². The number of rotatable bonds is 1. The van der Waals surface area contributed by atoms with Crippen molar-refractivity contribution in [3.05, 3.63) is 30.3 Å². The predicted octanol–water partition coefficient (Wildman–Crippen LogP) is -0.378. The SMILES string of the molecule is NBc1ccccc1. The monoisotopic (exact) mass is 105 g/mol. The van der Waals surface area contributed by atoms with E-state index in [0.717, 1.165) is 0 Å². The van der Waals surface area contributed by atoms with E-state index in [2.05, 4.69) is 0 Å². The molecule has 0 radical (unpaired) electrons. The summed E-state index contributed by atoms with van der Waals surface area (Å²) in [4.78, 5) is 0. The summed E-state index contributed by atoms with van der Waals surface area (Å²) >= 11 is 0. The standard InChI is InChI=1S/C6H8BN/c8-7-6-4-2-1-3-5-6/h1-5,7H,8H2. The lowest BCUT2D eigenvalue weighted by molar-refractivity contribution is 1.75. The van der Waals surface area contributed by atoms with Gasteiger partial charge in [-0.2, -0.15) is 0 Å². The van der Waals surface area contributed by atoms with E-state index in [1.165, 1.54) is 5.46 Å². The molecule has 0 bridgehead atoms. The third-order valence-corrected chi connectivity index (χ3v) is 1.08. The number of nitrogens with two attached hydrogens (primary N) is 1. The maximum absolute atomic E-state index is 5.35. The third kappa shape index (κ3) is 1.11. The Morgan fingerprint density at radius 3 is 2.12 bits per heavy atom. The fourth-order valence-corrected chi connectivity index (χ4v) is 0.614. The maximum atomic E-state index is 5.35. The van der Waals surface area contributed by atoms with Crippen molar-refractivity contribution in [1.29, 1.82) is 0 Å². The second-order valence-corrected chi connectivity index (χ2v) is 1.69. The summed E-state index contributed by atoms with van der Waals surface area (Å²) in [5.41, 5.74) is 6.54. The zero-order valence-electron chi connectivity index (χ0n) is 4.67. The molecule has 0 aliphatic rings. The first-order valence-corrected chi connectivity index (χ1v) is 2.67. The van der Waals surface area contributed by atoms with Crippen LogP contribution in [0.1, 0.15) is 0 Å². The molecule has 40 valence electrons. The highest BCUT2D eigenvalue weighted by Gasteiger charge is 1.83. The summed E-state index contributed by atoms with van der Waals surface area (Å²) in [5.74, 6) is 0. The summed E-state index contributed by atoms with van der Waals surface area (Å²) in [6.07, 6.45) is 0. The van der Waals surface area contributed by atoms with Gasteiger partial charge in [0, 0.05) is 0 Å². The molecule has 0 unspecified atom stereocenters. The normalized spacial score (nSPS) is 8.62. The summed E-state index contributed by atoms with van der Waals surface area (Å²) in [7, 11) is 0.640. The highest BCUT2D eigenvalue weighted by Crippen LogP contribution is 1.77. The van der Waals surface area contributed by atoms with Gasteiger partial charge >= 0.3 is 0 Å². The molecule has 8 heavy (non-hydrogen) atoms. The minimum atomic E-state index is 0.640. The Balaban J connectivity index is 2.83. The van der Waals surface area contributed by atoms with Crippen molar-refractivity contribution in [1.82, 2.24) is 0 Å². The van der Waals surface area contributed by atoms with Crippen LogP contribution in [0.25, 0.3) is 0 Å². The molecule has 0 amide bonds. The van der Waals surface area contributed by atoms with Gasteiger partial charge in [0.25, 0.3) is 0 Å². The van der Waals surface area contributed by atoms with E-state index in [9.17, 15) is 0 Å². The van der Waals surface area contributed by atoms with Gasteiger partial charge in [-0.3, -0.25) is 0 Å². The molecule has 0 heterocycles. The highest BCUT2D eigenvalue weighted by atomic mass is 14.3. The molecule has 1 nitrogen and oxygen atoms in total. The molecule has 1 aromatic carbocycles. The molecule has 0 fully saturated rings. The fourth-order valence-electron chi connectivity index (χ4n) is 0.614. The van der Waals surface area contributed by atoms with Gasteiger partial charge in [-0.05, 0) is 0 Å². The second-order valence-electron chi connectivity index (χ2n) is 1.69. The average Bonchev–Trinajstić information content (AvgIpc) is 1.90. The molecule has 1 rings (SSSR count). The molecule has 0 saturated heterocycles. The molecule has 0 aliphatic heterocycles. The Morgan fingerprint density at radius 1 is 1.12 bits per heavy atom. The van der Waals surface area contributed by atoms with Crippen molar-refractivity contribution in [3.63, 3.8) is 0 Å². The van der Waals surface area contributed by atoms with Crippen LogP contribution in [0.3, 0.4) is 0 Å². The van der Waals surface area contributed by atoms with Crippen molar-refractivity contribution in [2.75, 3.05) is 0 Å². The van der Waals surface area contributed by atoms with Crippen LogP contribution in [0.15, 0.2) is 30.3 Å². The minimum absolute atomic E-state index is 0.640. The topological polar surface area (TPSA) is 26.0 Å². The lowest BCUT2D eigenvalue weighted by atomic mass is 9.85. The van der Waals surface area contributed by atoms with Gasteiger partial charge in [-0.25, -0.2) is 0 Å². The molecular formula is C6H8BN. The van der Waals surface area contributed by atoms with Gasteiger partial charge in [0.05, 0.1) is 0 Å². The first-order chi connectivity index (χ1) is 3.93. The fraction of sp³-hybridized carbons (Fsp3) is 0. The van der Waals surface area contributed by atoms with E-state index >= 15 is 0 Å². The van der Waals surface area contributed by atoms with Gasteiger partial charge < -0.3 is 5.64 Å². The molecule has 2 heteroatoms. The van der Waals surface area contributed by atoms with Gasteiger partial charge in [0.1, 0.15) is 0 Å². The Bertz CT molecular complexity index is 150. The molecular weight excluding hydrogens is 96.9 g/mol. The molecule has 0 aromatic heterocycles. The summed E-state index contributed by atoms with van der Waals surface area (Å²) < 4.78 is 0. The predicted molar refractivity (Wildman–Crippen MR) is 37.4 cm³/mol. The Labute approximate surface area is 49.8 Å². The van der Waals surface area contributed by atoms with Crippen LogP contribution < -0.4 is 11.1 Å². The van der Waals surface area contributed by atoms with Gasteiger partial charge in [-0.1, -0.05) is 35.8 Å². The number of hydrogen-bond acceptors (Lipinski definition) is 1. The molecule has 0 atom stereocenters. The van der Waals surface area contributed by atoms with Crippen molar-refractivity contribution in [2.45, 2.75) is 0 Å². The van der Waals surface area contributed by atoms with Crippen molar-refractivity contribution in [3.8, 4) is 0 Å².